The van der Waals surface area contributed by atoms with Crippen molar-refractivity contribution in [1.82, 2.24) is 5.32 Å². The van der Waals surface area contributed by atoms with Gasteiger partial charge in [0.15, 0.2) is 0 Å². The van der Waals surface area contributed by atoms with E-state index in [0.29, 0.717) is 13.0 Å². The van der Waals surface area contributed by atoms with Crippen molar-refractivity contribution < 1.29 is 9.59 Å². The molecule has 2 N–H and O–H groups in total. The van der Waals surface area contributed by atoms with Crippen LogP contribution in [-0.2, 0) is 16.0 Å². The van der Waals surface area contributed by atoms with Crippen molar-refractivity contribution in [2.45, 2.75) is 18.9 Å². The molecule has 5 heteroatoms. The number of amides is 1. The van der Waals surface area contributed by atoms with Gasteiger partial charge in [0.2, 0.25) is 5.91 Å². The van der Waals surface area contributed by atoms with Gasteiger partial charge in [0.05, 0.1) is 6.04 Å². The summed E-state index contributed by atoms with van der Waals surface area (Å²) in [6.45, 7) is 2.41. The number of aryl methyl sites for hydroxylation is 1. The van der Waals surface area contributed by atoms with Gasteiger partial charge in [-0.15, -0.1) is 0 Å². The molecule has 1 unspecified atom stereocenters. The summed E-state index contributed by atoms with van der Waals surface area (Å²) < 4.78 is 0. The smallest absolute Gasteiger partial charge is 0.224 e. The highest BCUT2D eigenvalue weighted by atomic mass is 16.1. The van der Waals surface area contributed by atoms with Crippen molar-refractivity contribution in [3.8, 4) is 0 Å². The quantitative estimate of drug-likeness (QED) is 0.761. The van der Waals surface area contributed by atoms with Crippen LogP contribution in [0.5, 0.6) is 0 Å². The zero-order chi connectivity index (χ0) is 13.2. The molecule has 0 radical (unpaired) electrons. The summed E-state index contributed by atoms with van der Waals surface area (Å²) in [4.78, 5) is 24.6. The summed E-state index contributed by atoms with van der Waals surface area (Å²) in [5.74, 6) is 0.0770. The molecule has 100 valence electrons. The van der Waals surface area contributed by atoms with Crippen molar-refractivity contribution >= 4 is 23.6 Å². The number of carbonyl (C=O) groups excluding carboxylic acids is 2. The normalized spacial score (nSPS) is 22.6. The highest BCUT2D eigenvalue weighted by Crippen LogP contribution is 2.28. The Morgan fingerprint density at radius 3 is 3.05 bits per heavy atom. The standard InChI is InChI=1S/C14H17N3O2/c18-9-12-8-15-5-6-17(12)11-2-3-13-10(7-11)1-4-14(19)16-13/h2-3,7,9,12,15H,1,4-6,8H2,(H,16,19). The van der Waals surface area contributed by atoms with Crippen molar-refractivity contribution in [2.75, 3.05) is 29.9 Å². The Labute approximate surface area is 112 Å². The van der Waals surface area contributed by atoms with Crippen LogP contribution in [0.15, 0.2) is 18.2 Å². The number of rotatable bonds is 2. The molecule has 2 aliphatic heterocycles. The van der Waals surface area contributed by atoms with E-state index in [1.807, 2.05) is 12.1 Å². The Bertz CT molecular complexity index is 515. The van der Waals surface area contributed by atoms with Crippen LogP contribution < -0.4 is 15.5 Å². The van der Waals surface area contributed by atoms with Gasteiger partial charge >= 0.3 is 0 Å². The molecule has 3 rings (SSSR count). The lowest BCUT2D eigenvalue weighted by Gasteiger charge is -2.35. The zero-order valence-corrected chi connectivity index (χ0v) is 10.7. The summed E-state index contributed by atoms with van der Waals surface area (Å²) in [6, 6.07) is 5.90. The van der Waals surface area contributed by atoms with E-state index in [2.05, 4.69) is 21.6 Å². The van der Waals surface area contributed by atoms with Crippen LogP contribution in [-0.4, -0.2) is 37.9 Å². The van der Waals surface area contributed by atoms with Gasteiger partial charge in [0.1, 0.15) is 6.29 Å². The molecule has 0 spiro atoms. The molecule has 2 heterocycles. The molecule has 1 aromatic carbocycles. The van der Waals surface area contributed by atoms with Gasteiger partial charge in [0.25, 0.3) is 0 Å². The Morgan fingerprint density at radius 1 is 1.32 bits per heavy atom. The molecule has 0 saturated carbocycles. The maximum Gasteiger partial charge on any atom is 0.224 e. The molecule has 1 atom stereocenters. The van der Waals surface area contributed by atoms with Gasteiger partial charge in [-0.2, -0.15) is 0 Å². The molecule has 1 saturated heterocycles. The van der Waals surface area contributed by atoms with Crippen LogP contribution in [0.4, 0.5) is 11.4 Å². The Balaban J connectivity index is 1.88. The Kier molecular flexibility index (Phi) is 3.21. The van der Waals surface area contributed by atoms with Gasteiger partial charge in [0, 0.05) is 37.4 Å². The van der Waals surface area contributed by atoms with Crippen LogP contribution in [0.2, 0.25) is 0 Å². The molecular formula is C14H17N3O2. The van der Waals surface area contributed by atoms with Gasteiger partial charge in [-0.1, -0.05) is 0 Å². The van der Waals surface area contributed by atoms with Gasteiger partial charge < -0.3 is 20.3 Å². The molecule has 5 nitrogen and oxygen atoms in total. The predicted molar refractivity (Wildman–Crippen MR) is 73.5 cm³/mol. The van der Waals surface area contributed by atoms with E-state index in [0.717, 1.165) is 42.7 Å². The van der Waals surface area contributed by atoms with E-state index in [-0.39, 0.29) is 11.9 Å². The number of benzene rings is 1. The van der Waals surface area contributed by atoms with Crippen molar-refractivity contribution in [3.05, 3.63) is 23.8 Å². The number of nitrogens with zero attached hydrogens (tertiary/aromatic N) is 1. The fourth-order valence-electron chi connectivity index (χ4n) is 2.72. The summed E-state index contributed by atoms with van der Waals surface area (Å²) >= 11 is 0. The first-order chi connectivity index (χ1) is 9.28. The second-order valence-corrected chi connectivity index (χ2v) is 4.99. The van der Waals surface area contributed by atoms with Crippen molar-refractivity contribution in [1.29, 1.82) is 0 Å². The summed E-state index contributed by atoms with van der Waals surface area (Å²) in [5.41, 5.74) is 3.12. The number of aldehydes is 1. The number of piperazine rings is 1. The minimum Gasteiger partial charge on any atom is -0.359 e. The second kappa shape index (κ2) is 5.01. The number of carbonyl (C=O) groups is 2. The molecule has 1 aromatic rings. The molecular weight excluding hydrogens is 242 g/mol. The Hall–Kier alpha value is -1.88. The highest BCUT2D eigenvalue weighted by Gasteiger charge is 2.23. The highest BCUT2D eigenvalue weighted by molar-refractivity contribution is 5.94. The van der Waals surface area contributed by atoms with Crippen LogP contribution in [0, 0.1) is 0 Å². The minimum atomic E-state index is -0.106. The SMILES string of the molecule is O=CC1CNCCN1c1ccc2c(c1)CCC(=O)N2. The monoisotopic (exact) mass is 259 g/mol. The van der Waals surface area contributed by atoms with E-state index in [9.17, 15) is 9.59 Å². The fraction of sp³-hybridized carbons (Fsp3) is 0.429. The number of hydrogen-bond donors (Lipinski definition) is 2. The maximum absolute atomic E-state index is 11.3. The number of fused-ring (bicyclic) bond motifs is 1. The Morgan fingerprint density at radius 2 is 2.21 bits per heavy atom. The molecule has 1 amide bonds. The van der Waals surface area contributed by atoms with E-state index < -0.39 is 0 Å². The first-order valence-electron chi connectivity index (χ1n) is 6.63. The summed E-state index contributed by atoms with van der Waals surface area (Å²) in [5, 5.41) is 6.10. The molecule has 0 aromatic heterocycles. The summed E-state index contributed by atoms with van der Waals surface area (Å²) in [7, 11) is 0. The van der Waals surface area contributed by atoms with Crippen LogP contribution in [0.1, 0.15) is 12.0 Å². The van der Waals surface area contributed by atoms with Crippen LogP contribution in [0.3, 0.4) is 0 Å². The average Bonchev–Trinajstić information content (AvgIpc) is 2.46. The van der Waals surface area contributed by atoms with E-state index in [1.165, 1.54) is 0 Å². The summed E-state index contributed by atoms with van der Waals surface area (Å²) in [6.07, 6.45) is 2.30. The third-order valence-corrected chi connectivity index (χ3v) is 3.76. The van der Waals surface area contributed by atoms with Crippen LogP contribution >= 0.6 is 0 Å². The lowest BCUT2D eigenvalue weighted by Crippen LogP contribution is -2.52. The number of anilines is 2. The van der Waals surface area contributed by atoms with Crippen molar-refractivity contribution in [2.24, 2.45) is 0 Å². The maximum atomic E-state index is 11.3. The number of hydrogen-bond acceptors (Lipinski definition) is 4. The lowest BCUT2D eigenvalue weighted by molar-refractivity contribution is -0.116. The predicted octanol–water partition coefficient (Wildman–Crippen LogP) is 0.548. The first-order valence-corrected chi connectivity index (χ1v) is 6.63. The van der Waals surface area contributed by atoms with E-state index in [1.54, 1.807) is 0 Å². The first kappa shape index (κ1) is 12.2. The van der Waals surface area contributed by atoms with Crippen molar-refractivity contribution in [3.63, 3.8) is 0 Å². The third kappa shape index (κ3) is 2.33. The molecule has 2 aliphatic rings. The average molecular weight is 259 g/mol. The van der Waals surface area contributed by atoms with E-state index >= 15 is 0 Å². The fourth-order valence-corrected chi connectivity index (χ4v) is 2.72. The largest absolute Gasteiger partial charge is 0.359 e. The second-order valence-electron chi connectivity index (χ2n) is 4.99. The zero-order valence-electron chi connectivity index (χ0n) is 10.7. The van der Waals surface area contributed by atoms with E-state index in [4.69, 9.17) is 0 Å². The topological polar surface area (TPSA) is 61.4 Å². The lowest BCUT2D eigenvalue weighted by atomic mass is 10.0. The molecule has 0 bridgehead atoms. The van der Waals surface area contributed by atoms with Crippen LogP contribution in [0.25, 0.3) is 0 Å². The minimum absolute atomic E-state index is 0.0770. The van der Waals surface area contributed by atoms with Gasteiger partial charge in [-0.25, -0.2) is 0 Å². The van der Waals surface area contributed by atoms with Gasteiger partial charge in [-0.3, -0.25) is 4.79 Å². The molecule has 0 aliphatic carbocycles. The third-order valence-electron chi connectivity index (χ3n) is 3.76. The molecule has 1 fully saturated rings. The number of nitrogens with one attached hydrogen (secondary N) is 2. The molecule has 19 heavy (non-hydrogen) atoms. The van der Waals surface area contributed by atoms with Gasteiger partial charge in [-0.05, 0) is 30.2 Å².